The number of methoxy groups -OCH3 is 1. The smallest absolute Gasteiger partial charge is 0.409 e. The van der Waals surface area contributed by atoms with E-state index in [0.717, 1.165) is 11.1 Å². The van der Waals surface area contributed by atoms with E-state index in [2.05, 4.69) is 4.74 Å². The van der Waals surface area contributed by atoms with Gasteiger partial charge in [0.05, 0.1) is 12.0 Å². The summed E-state index contributed by atoms with van der Waals surface area (Å²) in [5, 5.41) is 10.7. The van der Waals surface area contributed by atoms with Crippen LogP contribution in [0.1, 0.15) is 11.1 Å². The number of carbonyl (C=O) groups is 1. The number of nitrogens with zero attached hydrogens (tertiary/aromatic N) is 2. The van der Waals surface area contributed by atoms with Gasteiger partial charge in [-0.2, -0.15) is 0 Å². The Morgan fingerprint density at radius 3 is 2.88 bits per heavy atom. The van der Waals surface area contributed by atoms with Crippen molar-refractivity contribution < 1.29 is 14.5 Å². The topological polar surface area (TPSA) is 72.7 Å². The van der Waals surface area contributed by atoms with Crippen molar-refractivity contribution in [1.29, 1.82) is 0 Å². The first-order valence-corrected chi connectivity index (χ1v) is 5.21. The molecule has 0 aromatic heterocycles. The molecule has 0 atom stereocenters. The number of hydrogen-bond acceptors (Lipinski definition) is 4. The number of fused-ring (bicyclic) bond motifs is 1. The van der Waals surface area contributed by atoms with Crippen LogP contribution < -0.4 is 0 Å². The van der Waals surface area contributed by atoms with Crippen molar-refractivity contribution in [3.05, 3.63) is 39.4 Å². The van der Waals surface area contributed by atoms with E-state index in [1.807, 2.05) is 0 Å². The number of amides is 1. The van der Waals surface area contributed by atoms with E-state index in [4.69, 9.17) is 0 Å². The van der Waals surface area contributed by atoms with Gasteiger partial charge in [-0.05, 0) is 17.5 Å². The number of ether oxygens (including phenoxy) is 1. The first kappa shape index (κ1) is 11.4. The number of hydrogen-bond donors (Lipinski definition) is 0. The van der Waals surface area contributed by atoms with Gasteiger partial charge in [-0.3, -0.25) is 10.1 Å². The van der Waals surface area contributed by atoms with Gasteiger partial charge in [-0.15, -0.1) is 0 Å². The van der Waals surface area contributed by atoms with E-state index in [9.17, 15) is 14.9 Å². The Bertz CT molecular complexity index is 473. The first-order chi connectivity index (χ1) is 8.11. The summed E-state index contributed by atoms with van der Waals surface area (Å²) in [6.45, 7) is 0.946. The minimum Gasteiger partial charge on any atom is -0.453 e. The van der Waals surface area contributed by atoms with Crippen LogP contribution in [0.25, 0.3) is 0 Å². The molecule has 1 aromatic carbocycles. The molecule has 90 valence electrons. The Morgan fingerprint density at radius 1 is 1.47 bits per heavy atom. The molecule has 6 nitrogen and oxygen atoms in total. The van der Waals surface area contributed by atoms with Crippen LogP contribution in [0, 0.1) is 10.1 Å². The third-order valence-electron chi connectivity index (χ3n) is 2.85. The SMILES string of the molecule is COC(=O)N1CCc2ccc([N+](=O)[O-])cc2C1. The van der Waals surface area contributed by atoms with E-state index in [1.165, 1.54) is 24.1 Å². The van der Waals surface area contributed by atoms with E-state index in [-0.39, 0.29) is 5.69 Å². The normalized spacial score (nSPS) is 14.1. The molecule has 0 aliphatic carbocycles. The highest BCUT2D eigenvalue weighted by molar-refractivity contribution is 5.68. The van der Waals surface area contributed by atoms with Gasteiger partial charge in [0.2, 0.25) is 0 Å². The van der Waals surface area contributed by atoms with Crippen molar-refractivity contribution in [2.24, 2.45) is 0 Å². The Labute approximate surface area is 97.9 Å². The minimum atomic E-state index is -0.433. The number of carbonyl (C=O) groups excluding carboxylic acids is 1. The Morgan fingerprint density at radius 2 is 2.24 bits per heavy atom. The number of benzene rings is 1. The quantitative estimate of drug-likeness (QED) is 0.549. The lowest BCUT2D eigenvalue weighted by molar-refractivity contribution is -0.385. The van der Waals surface area contributed by atoms with Crippen LogP contribution in [-0.2, 0) is 17.7 Å². The van der Waals surface area contributed by atoms with Crippen LogP contribution in [0.5, 0.6) is 0 Å². The van der Waals surface area contributed by atoms with E-state index in [0.29, 0.717) is 19.5 Å². The molecule has 0 fully saturated rings. The summed E-state index contributed by atoms with van der Waals surface area (Å²) < 4.78 is 4.64. The van der Waals surface area contributed by atoms with Crippen molar-refractivity contribution in [2.75, 3.05) is 13.7 Å². The van der Waals surface area contributed by atoms with Gasteiger partial charge < -0.3 is 9.64 Å². The van der Waals surface area contributed by atoms with Gasteiger partial charge in [0.1, 0.15) is 0 Å². The van der Waals surface area contributed by atoms with Crippen LogP contribution in [-0.4, -0.2) is 29.6 Å². The van der Waals surface area contributed by atoms with E-state index in [1.54, 1.807) is 6.07 Å². The van der Waals surface area contributed by atoms with Crippen molar-refractivity contribution >= 4 is 11.8 Å². The zero-order valence-electron chi connectivity index (χ0n) is 9.38. The molecular formula is C11H12N2O4. The second-order valence-electron chi connectivity index (χ2n) is 3.85. The standard InChI is InChI=1S/C11H12N2O4/c1-17-11(14)12-5-4-8-2-3-10(13(15)16)6-9(8)7-12/h2-3,6H,4-5,7H2,1H3. The molecule has 0 saturated carbocycles. The second-order valence-corrected chi connectivity index (χ2v) is 3.85. The maximum absolute atomic E-state index is 11.4. The maximum Gasteiger partial charge on any atom is 0.409 e. The van der Waals surface area contributed by atoms with E-state index < -0.39 is 11.0 Å². The van der Waals surface area contributed by atoms with Gasteiger partial charge in [-0.25, -0.2) is 4.79 Å². The molecule has 17 heavy (non-hydrogen) atoms. The molecule has 0 saturated heterocycles. The fourth-order valence-electron chi connectivity index (χ4n) is 1.94. The molecule has 1 aliphatic heterocycles. The van der Waals surface area contributed by atoms with Crippen LogP contribution in [0.15, 0.2) is 18.2 Å². The highest BCUT2D eigenvalue weighted by Gasteiger charge is 2.22. The van der Waals surface area contributed by atoms with Crippen molar-refractivity contribution in [1.82, 2.24) is 4.90 Å². The monoisotopic (exact) mass is 236 g/mol. The summed E-state index contributed by atoms with van der Waals surface area (Å²) in [7, 11) is 1.32. The fraction of sp³-hybridized carbons (Fsp3) is 0.364. The summed E-state index contributed by atoms with van der Waals surface area (Å²) in [6.07, 6.45) is 0.296. The molecule has 0 unspecified atom stereocenters. The van der Waals surface area contributed by atoms with Crippen LogP contribution in [0.2, 0.25) is 0 Å². The highest BCUT2D eigenvalue weighted by Crippen LogP contribution is 2.23. The van der Waals surface area contributed by atoms with Crippen molar-refractivity contribution in [3.63, 3.8) is 0 Å². The van der Waals surface area contributed by atoms with Gasteiger partial charge in [0.25, 0.3) is 5.69 Å². The Kier molecular flexibility index (Phi) is 2.95. The van der Waals surface area contributed by atoms with Gasteiger partial charge >= 0.3 is 6.09 Å². The summed E-state index contributed by atoms with van der Waals surface area (Å²) >= 11 is 0. The molecule has 0 radical (unpaired) electrons. The largest absolute Gasteiger partial charge is 0.453 e. The van der Waals surface area contributed by atoms with Crippen molar-refractivity contribution in [2.45, 2.75) is 13.0 Å². The molecule has 1 heterocycles. The molecule has 6 heteroatoms. The molecule has 1 amide bonds. The number of nitro benzene ring substituents is 1. The second kappa shape index (κ2) is 4.40. The summed E-state index contributed by atoms with van der Waals surface area (Å²) in [5.41, 5.74) is 1.92. The lowest BCUT2D eigenvalue weighted by atomic mass is 9.99. The number of rotatable bonds is 1. The molecule has 0 N–H and O–H groups in total. The molecule has 1 aromatic rings. The molecule has 0 spiro atoms. The minimum absolute atomic E-state index is 0.0514. The molecule has 1 aliphatic rings. The van der Waals surface area contributed by atoms with Gasteiger partial charge in [0, 0.05) is 25.2 Å². The lowest BCUT2D eigenvalue weighted by Gasteiger charge is -2.27. The molecular weight excluding hydrogens is 224 g/mol. The summed E-state index contributed by atoms with van der Waals surface area (Å²) in [5.74, 6) is 0. The zero-order chi connectivity index (χ0) is 12.4. The number of nitro groups is 1. The van der Waals surface area contributed by atoms with Crippen LogP contribution in [0.3, 0.4) is 0 Å². The average molecular weight is 236 g/mol. The lowest BCUT2D eigenvalue weighted by Crippen LogP contribution is -2.35. The third-order valence-corrected chi connectivity index (χ3v) is 2.85. The average Bonchev–Trinajstić information content (AvgIpc) is 2.36. The zero-order valence-corrected chi connectivity index (χ0v) is 9.38. The first-order valence-electron chi connectivity index (χ1n) is 5.21. The van der Waals surface area contributed by atoms with Gasteiger partial charge in [0.15, 0.2) is 0 Å². The Balaban J connectivity index is 2.26. The summed E-state index contributed by atoms with van der Waals surface area (Å²) in [6, 6.07) is 4.76. The van der Waals surface area contributed by atoms with Crippen LogP contribution >= 0.6 is 0 Å². The Hall–Kier alpha value is -2.11. The predicted octanol–water partition coefficient (Wildman–Crippen LogP) is 1.72. The third kappa shape index (κ3) is 2.20. The van der Waals surface area contributed by atoms with Crippen LogP contribution in [0.4, 0.5) is 10.5 Å². The van der Waals surface area contributed by atoms with Crippen molar-refractivity contribution in [3.8, 4) is 0 Å². The fourth-order valence-corrected chi connectivity index (χ4v) is 1.94. The molecule has 2 rings (SSSR count). The van der Waals surface area contributed by atoms with E-state index >= 15 is 0 Å². The highest BCUT2D eigenvalue weighted by atomic mass is 16.6. The summed E-state index contributed by atoms with van der Waals surface area (Å²) in [4.78, 5) is 23.1. The predicted molar refractivity (Wildman–Crippen MR) is 59.6 cm³/mol. The molecule has 0 bridgehead atoms. The van der Waals surface area contributed by atoms with Gasteiger partial charge in [-0.1, -0.05) is 6.07 Å². The maximum atomic E-state index is 11.4. The number of non-ortho nitro benzene ring substituents is 1.